The van der Waals surface area contributed by atoms with Gasteiger partial charge in [-0.15, -0.1) is 5.92 Å². The van der Waals surface area contributed by atoms with E-state index in [2.05, 4.69) is 61.9 Å². The molecule has 0 bridgehead atoms. The second-order valence-corrected chi connectivity index (χ2v) is 17.3. The van der Waals surface area contributed by atoms with E-state index in [1.807, 2.05) is 0 Å². The average Bonchev–Trinajstić information content (AvgIpc) is 1.94. The first kappa shape index (κ1) is 19.2. The molecule has 1 nitrogen and oxygen atoms in total. The Morgan fingerprint density at radius 2 is 1.56 bits per heavy atom. The minimum Gasteiger partial charge on any atom is -0.406 e. The minimum atomic E-state index is -1.59. The molecular formula is C12H26AlLiOSi. The molecule has 0 heterocycles. The van der Waals surface area contributed by atoms with E-state index in [0.29, 0.717) is 6.61 Å². The molecular weight excluding hydrogens is 222 g/mol. The Kier molecular flexibility index (Phi) is 8.05. The van der Waals surface area contributed by atoms with Crippen molar-refractivity contribution in [2.24, 2.45) is 0 Å². The largest absolute Gasteiger partial charge is 1.00 e. The van der Waals surface area contributed by atoms with Crippen LogP contribution in [0.5, 0.6) is 0 Å². The van der Waals surface area contributed by atoms with Crippen molar-refractivity contribution in [1.82, 2.24) is 0 Å². The summed E-state index contributed by atoms with van der Waals surface area (Å²) in [6.45, 7) is 11.9. The fraction of sp³-hybridized carbons (Fsp3) is 0.833. The van der Waals surface area contributed by atoms with E-state index in [1.165, 1.54) is 0 Å². The van der Waals surface area contributed by atoms with Crippen LogP contribution in [0, 0.1) is 10.7 Å². The first-order valence-corrected chi connectivity index (χ1v) is 12.8. The van der Waals surface area contributed by atoms with Gasteiger partial charge in [0.15, 0.2) is 8.32 Å². The smallest absolute Gasteiger partial charge is 0.406 e. The minimum absolute atomic E-state index is 0. The second kappa shape index (κ2) is 6.71. The molecule has 0 saturated carbocycles. The molecule has 0 rings (SSSR count). The van der Waals surface area contributed by atoms with E-state index in [1.54, 1.807) is 0 Å². The van der Waals surface area contributed by atoms with Crippen LogP contribution in [0.4, 0.5) is 0 Å². The summed E-state index contributed by atoms with van der Waals surface area (Å²) in [6.07, 6.45) is 0. The van der Waals surface area contributed by atoms with Crippen molar-refractivity contribution < 1.29 is 23.3 Å². The predicted molar refractivity (Wildman–Crippen MR) is 74.3 cm³/mol. The summed E-state index contributed by atoms with van der Waals surface area (Å²) in [5.41, 5.74) is 0. The molecule has 0 aliphatic rings. The van der Waals surface area contributed by atoms with Crippen LogP contribution >= 0.6 is 0 Å². The van der Waals surface area contributed by atoms with Crippen LogP contribution in [-0.4, -0.2) is 28.0 Å². The molecule has 0 unspecified atom stereocenters. The van der Waals surface area contributed by atoms with E-state index in [0.717, 1.165) is 0 Å². The van der Waals surface area contributed by atoms with Crippen molar-refractivity contribution in [3.05, 3.63) is 0 Å². The SMILES string of the molecule is CC(C)(C)[Si](C)(C)OCC#[C][Al-]([CH3])([CH3])[CH3].[Li+]. The molecule has 0 N–H and O–H groups in total. The summed E-state index contributed by atoms with van der Waals surface area (Å²) < 4.78 is 5.98. The number of rotatable bonds is 2. The standard InChI is InChI=1S/C9H17OSi.3CH3.Al.Li/c1-7-8-10-11(5,6)9(2,3)4;;;;;/h8H2,2-6H3;3*1H3;;/q;;;;-1;+1. The second-order valence-electron chi connectivity index (χ2n) is 6.97. The third-order valence-electron chi connectivity index (χ3n) is 2.85. The molecule has 88 valence electrons. The van der Waals surface area contributed by atoms with Crippen LogP contribution < -0.4 is 18.9 Å². The predicted octanol–water partition coefficient (Wildman–Crippen LogP) is 0.893. The number of hydrogen-bond acceptors (Lipinski definition) is 1. The van der Waals surface area contributed by atoms with Gasteiger partial charge in [-0.1, -0.05) is 20.8 Å². The Balaban J connectivity index is 0. The van der Waals surface area contributed by atoms with E-state index in [9.17, 15) is 0 Å². The summed E-state index contributed by atoms with van der Waals surface area (Å²) in [6, 6.07) is 0. The molecule has 0 aromatic rings. The first-order valence-electron chi connectivity index (χ1n) is 5.87. The van der Waals surface area contributed by atoms with Crippen LogP contribution in [0.15, 0.2) is 0 Å². The normalized spacial score (nSPS) is 12.5. The van der Waals surface area contributed by atoms with Gasteiger partial charge in [0, 0.05) is 0 Å². The Bertz CT molecular complexity index is 265. The van der Waals surface area contributed by atoms with E-state index in [4.69, 9.17) is 4.43 Å². The summed E-state index contributed by atoms with van der Waals surface area (Å²) in [5, 5.41) is 0.288. The first-order chi connectivity index (χ1) is 6.46. The third-order valence-corrected chi connectivity index (χ3v) is 8.39. The number of hydrogen-bond donors (Lipinski definition) is 0. The molecule has 0 amide bonds. The summed E-state index contributed by atoms with van der Waals surface area (Å²) in [7, 11) is -1.59. The molecule has 4 heteroatoms. The Morgan fingerprint density at radius 1 is 1.12 bits per heavy atom. The van der Waals surface area contributed by atoms with Gasteiger partial charge in [0.1, 0.15) is 0 Å². The van der Waals surface area contributed by atoms with Gasteiger partial charge in [0.25, 0.3) is 0 Å². The molecule has 0 aliphatic carbocycles. The van der Waals surface area contributed by atoms with Gasteiger partial charge < -0.3 is 9.21 Å². The van der Waals surface area contributed by atoms with Crippen molar-refractivity contribution >= 4 is 21.4 Å². The van der Waals surface area contributed by atoms with Crippen molar-refractivity contribution in [2.75, 3.05) is 6.61 Å². The third kappa shape index (κ3) is 8.03. The fourth-order valence-electron chi connectivity index (χ4n) is 0.781. The van der Waals surface area contributed by atoms with Crippen LogP contribution in [0.3, 0.4) is 0 Å². The summed E-state index contributed by atoms with van der Waals surface area (Å²) in [5.74, 6) is 10.0. The van der Waals surface area contributed by atoms with Gasteiger partial charge in [-0.25, -0.2) is 0 Å². The molecule has 0 radical (unpaired) electrons. The zero-order valence-electron chi connectivity index (χ0n) is 12.7. The van der Waals surface area contributed by atoms with Gasteiger partial charge in [0.05, 0.1) is 6.61 Å². The maximum Gasteiger partial charge on any atom is 1.00 e. The van der Waals surface area contributed by atoms with Crippen LogP contribution in [-0.2, 0) is 4.43 Å². The Morgan fingerprint density at radius 3 is 1.88 bits per heavy atom. The average molecular weight is 248 g/mol. The van der Waals surface area contributed by atoms with E-state index in [-0.39, 0.29) is 23.9 Å². The van der Waals surface area contributed by atoms with Crippen molar-refractivity contribution in [2.45, 2.75) is 56.3 Å². The van der Waals surface area contributed by atoms with Gasteiger partial charge in [0.2, 0.25) is 13.1 Å². The van der Waals surface area contributed by atoms with Gasteiger partial charge in [-0.05, 0) is 18.1 Å². The topological polar surface area (TPSA) is 9.23 Å². The monoisotopic (exact) mass is 248 g/mol. The van der Waals surface area contributed by atoms with Crippen molar-refractivity contribution in [3.8, 4) is 10.7 Å². The van der Waals surface area contributed by atoms with Crippen molar-refractivity contribution in [3.63, 3.8) is 0 Å². The van der Waals surface area contributed by atoms with Crippen LogP contribution in [0.25, 0.3) is 0 Å². The van der Waals surface area contributed by atoms with Crippen LogP contribution in [0.1, 0.15) is 20.8 Å². The molecule has 0 atom stereocenters. The van der Waals surface area contributed by atoms with E-state index >= 15 is 0 Å². The van der Waals surface area contributed by atoms with Gasteiger partial charge in [-0.2, -0.15) is 17.4 Å². The quantitative estimate of drug-likeness (QED) is 0.521. The fourth-order valence-corrected chi connectivity index (χ4v) is 2.34. The maximum atomic E-state index is 5.98. The van der Waals surface area contributed by atoms with E-state index < -0.39 is 21.4 Å². The maximum absolute atomic E-state index is 5.98. The molecule has 16 heavy (non-hydrogen) atoms. The molecule has 0 aliphatic heterocycles. The molecule has 0 aromatic carbocycles. The Labute approximate surface area is 118 Å². The molecule has 0 fully saturated rings. The summed E-state index contributed by atoms with van der Waals surface area (Å²) in [4.78, 5) is 3.36. The zero-order chi connectivity index (χ0) is 12.3. The zero-order valence-corrected chi connectivity index (χ0v) is 14.8. The van der Waals surface area contributed by atoms with Gasteiger partial charge in [-0.3, -0.25) is 0 Å². The van der Waals surface area contributed by atoms with Gasteiger partial charge >= 0.3 is 18.9 Å². The Hall–Kier alpha value is 0.867. The molecule has 0 spiro atoms. The van der Waals surface area contributed by atoms with Crippen LogP contribution in [0.2, 0.25) is 35.5 Å². The summed E-state index contributed by atoms with van der Waals surface area (Å²) >= 11 is -1.49. The van der Waals surface area contributed by atoms with Crippen molar-refractivity contribution in [1.29, 1.82) is 0 Å². The molecule has 0 saturated heterocycles. The molecule has 0 aromatic heterocycles.